The van der Waals surface area contributed by atoms with E-state index in [1.54, 1.807) is 0 Å². The number of hydrogen-bond donors (Lipinski definition) is 0. The maximum absolute atomic E-state index is 7.32. The lowest BCUT2D eigenvalue weighted by molar-refractivity contribution is 0.0798. The van der Waals surface area contributed by atoms with Crippen LogP contribution in [0.3, 0.4) is 0 Å². The van der Waals surface area contributed by atoms with E-state index < -0.39 is 0 Å². The fraction of sp³-hybridized carbons (Fsp3) is 1.00. The molecule has 7 heavy (non-hydrogen) atoms. The summed E-state index contributed by atoms with van der Waals surface area (Å²) in [5.41, 5.74) is 0. The predicted octanol–water partition coefficient (Wildman–Crippen LogP) is 1.19. The zero-order valence-electron chi connectivity index (χ0n) is 5.26. The van der Waals surface area contributed by atoms with E-state index in [-0.39, 0.29) is 6.40 Å². The third-order valence-corrected chi connectivity index (χ3v) is 1.71. The smallest absolute Gasteiger partial charge is 0.0607 e. The topological polar surface area (TPSA) is 9.23 Å². The zero-order chi connectivity index (χ0) is 5.56. The second-order valence-electron chi connectivity index (χ2n) is 2.33. The molecule has 0 bridgehead atoms. The van der Waals surface area contributed by atoms with Crippen LogP contribution in [0.1, 0.15) is 20.6 Å². The summed E-state index contributed by atoms with van der Waals surface area (Å²) in [6, 6.07) is 0. The summed E-state index contributed by atoms with van der Waals surface area (Å²) in [6.07, 6.45) is 2.89. The Kier molecular flexibility index (Phi) is 0.537. The number of fused-ring (bicyclic) bond motifs is 1. The first-order valence-corrected chi connectivity index (χ1v) is 2.93. The quantitative estimate of drug-likeness (QED) is 0.443. The van der Waals surface area contributed by atoms with Crippen LogP contribution in [0.2, 0.25) is 0 Å². The summed E-state index contributed by atoms with van der Waals surface area (Å²) in [5.74, 6) is 0.615. The van der Waals surface area contributed by atoms with Crippen molar-refractivity contribution in [3.05, 3.63) is 0 Å². The second-order valence-corrected chi connectivity index (χ2v) is 2.33. The van der Waals surface area contributed by atoms with E-state index in [2.05, 4.69) is 0 Å². The van der Waals surface area contributed by atoms with Gasteiger partial charge in [-0.25, -0.2) is 0 Å². The summed E-state index contributed by atoms with van der Waals surface area (Å²) < 4.78 is 12.6. The van der Waals surface area contributed by atoms with Gasteiger partial charge in [-0.1, -0.05) is 0 Å². The minimum atomic E-state index is 0.137. The largest absolute Gasteiger partial charge is 0.378 e. The van der Waals surface area contributed by atoms with E-state index >= 15 is 0 Å². The van der Waals surface area contributed by atoms with Crippen molar-refractivity contribution in [2.45, 2.75) is 25.3 Å². The van der Waals surface area contributed by atoms with Crippen molar-refractivity contribution in [3.63, 3.8) is 0 Å². The maximum Gasteiger partial charge on any atom is 0.0607 e. The standard InChI is InChI=1S/C6H10O/c1-2-5-4-6(5)7-3-1/h5-6H,1-4H2/i4D. The van der Waals surface area contributed by atoms with Crippen LogP contribution in [0.15, 0.2) is 0 Å². The molecule has 0 aromatic rings. The highest BCUT2D eigenvalue weighted by Crippen LogP contribution is 2.40. The Bertz CT molecular complexity index is 92.7. The first kappa shape index (κ1) is 3.08. The minimum Gasteiger partial charge on any atom is -0.378 e. The molecule has 1 saturated carbocycles. The lowest BCUT2D eigenvalue weighted by Crippen LogP contribution is -2.05. The van der Waals surface area contributed by atoms with Crippen molar-refractivity contribution < 1.29 is 6.11 Å². The average Bonchev–Trinajstić information content (AvgIpc) is 2.46. The third kappa shape index (κ3) is 0.556. The average molecular weight is 99.2 g/mol. The molecule has 0 aromatic carbocycles. The molecule has 2 fully saturated rings. The summed E-state index contributed by atoms with van der Waals surface area (Å²) >= 11 is 0. The second kappa shape index (κ2) is 1.22. The maximum atomic E-state index is 7.32. The van der Waals surface area contributed by atoms with Crippen LogP contribution in [0.25, 0.3) is 0 Å². The highest BCUT2D eigenvalue weighted by atomic mass is 16.5. The van der Waals surface area contributed by atoms with Crippen LogP contribution in [-0.2, 0) is 4.74 Å². The van der Waals surface area contributed by atoms with Crippen LogP contribution in [0.4, 0.5) is 0 Å². The van der Waals surface area contributed by atoms with Gasteiger partial charge in [0.05, 0.1) is 6.10 Å². The lowest BCUT2D eigenvalue weighted by Gasteiger charge is -2.07. The minimum absolute atomic E-state index is 0.137. The van der Waals surface area contributed by atoms with Gasteiger partial charge in [0.1, 0.15) is 0 Å². The van der Waals surface area contributed by atoms with Gasteiger partial charge in [0, 0.05) is 7.98 Å². The molecule has 2 aliphatic rings. The SMILES string of the molecule is [2H]C1C2CCCOC12. The van der Waals surface area contributed by atoms with Gasteiger partial charge >= 0.3 is 0 Å². The normalized spacial score (nSPS) is 60.6. The van der Waals surface area contributed by atoms with Crippen LogP contribution in [-0.4, -0.2) is 12.7 Å². The molecule has 1 aliphatic heterocycles. The molecule has 2 rings (SSSR count). The molecule has 3 atom stereocenters. The Balaban J connectivity index is 1.97. The third-order valence-electron chi connectivity index (χ3n) is 1.71. The molecular weight excluding hydrogens is 88.1 g/mol. The number of hydrogen-bond acceptors (Lipinski definition) is 1. The molecule has 1 aliphatic carbocycles. The van der Waals surface area contributed by atoms with Gasteiger partial charge in [-0.05, 0) is 25.2 Å². The van der Waals surface area contributed by atoms with Crippen molar-refractivity contribution in [1.82, 2.24) is 0 Å². The number of ether oxygens (including phenoxy) is 1. The Morgan fingerprint density at radius 3 is 3.29 bits per heavy atom. The Morgan fingerprint density at radius 1 is 1.71 bits per heavy atom. The van der Waals surface area contributed by atoms with Gasteiger partial charge in [-0.2, -0.15) is 0 Å². The Morgan fingerprint density at radius 2 is 2.71 bits per heavy atom. The monoisotopic (exact) mass is 99.1 g/mol. The first-order chi connectivity index (χ1) is 3.89. The molecule has 0 radical (unpaired) electrons. The van der Waals surface area contributed by atoms with Gasteiger partial charge in [0.2, 0.25) is 0 Å². The molecule has 40 valence electrons. The highest BCUT2D eigenvalue weighted by Gasteiger charge is 2.39. The van der Waals surface area contributed by atoms with E-state index in [4.69, 9.17) is 6.11 Å². The van der Waals surface area contributed by atoms with E-state index in [1.807, 2.05) is 0 Å². The van der Waals surface area contributed by atoms with Gasteiger partial charge < -0.3 is 4.74 Å². The summed E-state index contributed by atoms with van der Waals surface area (Å²) in [7, 11) is 0. The van der Waals surface area contributed by atoms with Crippen molar-refractivity contribution in [1.29, 1.82) is 0 Å². The van der Waals surface area contributed by atoms with E-state index in [0.717, 1.165) is 6.61 Å². The van der Waals surface area contributed by atoms with Gasteiger partial charge in [-0.15, -0.1) is 0 Å². The molecule has 1 heteroatoms. The Hall–Kier alpha value is -0.0400. The molecule has 3 unspecified atom stereocenters. The molecule has 0 aromatic heterocycles. The molecule has 1 heterocycles. The molecule has 1 nitrogen and oxygen atoms in total. The van der Waals surface area contributed by atoms with E-state index in [9.17, 15) is 0 Å². The highest BCUT2D eigenvalue weighted by molar-refractivity contribution is 4.89. The van der Waals surface area contributed by atoms with Crippen LogP contribution in [0, 0.1) is 5.92 Å². The number of rotatable bonds is 0. The summed E-state index contributed by atoms with van der Waals surface area (Å²) in [6.45, 7) is 0.899. The molecule has 1 saturated heterocycles. The van der Waals surface area contributed by atoms with Crippen LogP contribution < -0.4 is 0 Å². The molecule has 0 amide bonds. The van der Waals surface area contributed by atoms with Gasteiger partial charge in [-0.3, -0.25) is 0 Å². The molecule has 0 spiro atoms. The lowest BCUT2D eigenvalue weighted by atomic mass is 10.2. The van der Waals surface area contributed by atoms with Crippen LogP contribution >= 0.6 is 0 Å². The van der Waals surface area contributed by atoms with Crippen LogP contribution in [0.5, 0.6) is 0 Å². The van der Waals surface area contributed by atoms with E-state index in [1.165, 1.54) is 12.8 Å². The van der Waals surface area contributed by atoms with Crippen molar-refractivity contribution >= 4 is 0 Å². The zero-order valence-corrected chi connectivity index (χ0v) is 4.26. The first-order valence-electron chi connectivity index (χ1n) is 3.51. The van der Waals surface area contributed by atoms with Crippen molar-refractivity contribution in [3.8, 4) is 0 Å². The fourth-order valence-electron chi connectivity index (χ4n) is 1.16. The van der Waals surface area contributed by atoms with Crippen molar-refractivity contribution in [2.75, 3.05) is 6.61 Å². The summed E-state index contributed by atoms with van der Waals surface area (Å²) in [4.78, 5) is 0. The van der Waals surface area contributed by atoms with Gasteiger partial charge in [0.25, 0.3) is 0 Å². The fourth-order valence-corrected chi connectivity index (χ4v) is 1.16. The molecular formula is C6H10O. The summed E-state index contributed by atoms with van der Waals surface area (Å²) in [5, 5.41) is 0. The van der Waals surface area contributed by atoms with E-state index in [0.29, 0.717) is 12.0 Å². The predicted molar refractivity (Wildman–Crippen MR) is 27.1 cm³/mol. The van der Waals surface area contributed by atoms with Gasteiger partial charge in [0.15, 0.2) is 0 Å². The Labute approximate surface area is 45.1 Å². The van der Waals surface area contributed by atoms with Crippen molar-refractivity contribution in [2.24, 2.45) is 5.92 Å². The molecule has 0 N–H and O–H groups in total.